The van der Waals surface area contributed by atoms with Gasteiger partial charge in [-0.1, -0.05) is 0 Å². The largest absolute Gasteiger partial charge is 0.312 e. The molecule has 122 valence electrons. The van der Waals surface area contributed by atoms with Crippen molar-refractivity contribution in [2.45, 2.75) is 6.42 Å². The summed E-state index contributed by atoms with van der Waals surface area (Å²) in [5, 5.41) is 5.00. The molecule has 1 amide bonds. The maximum absolute atomic E-state index is 12.0. The van der Waals surface area contributed by atoms with Crippen LogP contribution in [0.2, 0.25) is 0 Å². The summed E-state index contributed by atoms with van der Waals surface area (Å²) in [5.74, 6) is -0.753. The highest BCUT2D eigenvalue weighted by Crippen LogP contribution is 2.26. The van der Waals surface area contributed by atoms with Gasteiger partial charge in [0, 0.05) is 30.3 Å². The molecule has 1 aromatic carbocycles. The van der Waals surface area contributed by atoms with Crippen molar-refractivity contribution in [1.82, 2.24) is 0 Å². The summed E-state index contributed by atoms with van der Waals surface area (Å²) in [7, 11) is -6.98. The fourth-order valence-corrected chi connectivity index (χ4v) is 3.84. The van der Waals surface area contributed by atoms with Crippen LogP contribution in [0.25, 0.3) is 0 Å². The molecule has 0 aromatic heterocycles. The molecule has 1 saturated heterocycles. The lowest BCUT2D eigenvalue weighted by Crippen LogP contribution is -2.27. The normalized spacial score (nSPS) is 19.5. The first-order valence-electron chi connectivity index (χ1n) is 6.42. The molecule has 1 fully saturated rings. The maximum atomic E-state index is 12.0. The molecule has 0 radical (unpaired) electrons. The van der Waals surface area contributed by atoms with Gasteiger partial charge in [0.2, 0.25) is 26.0 Å². The van der Waals surface area contributed by atoms with E-state index in [1.165, 1.54) is 17.0 Å². The van der Waals surface area contributed by atoms with Crippen molar-refractivity contribution in [3.05, 3.63) is 24.3 Å². The molecule has 1 heterocycles. The lowest BCUT2D eigenvalue weighted by molar-refractivity contribution is -0.117. The van der Waals surface area contributed by atoms with Crippen LogP contribution in [0.1, 0.15) is 6.42 Å². The molecule has 1 atom stereocenters. The number of nitrogens with zero attached hydrogens (tertiary/aromatic N) is 1. The number of primary sulfonamides is 1. The Morgan fingerprint density at radius 3 is 2.32 bits per heavy atom. The average molecular weight is 347 g/mol. The van der Waals surface area contributed by atoms with Crippen LogP contribution in [0.15, 0.2) is 24.3 Å². The second-order valence-electron chi connectivity index (χ2n) is 5.33. The maximum Gasteiger partial charge on any atom is 0.229 e. The molecular weight excluding hydrogens is 330 g/mol. The Bertz CT molecular complexity index is 771. The van der Waals surface area contributed by atoms with E-state index in [-0.39, 0.29) is 30.5 Å². The monoisotopic (exact) mass is 347 g/mol. The van der Waals surface area contributed by atoms with Crippen molar-refractivity contribution in [3.63, 3.8) is 0 Å². The number of nitrogens with two attached hydrogens (primary N) is 1. The minimum atomic E-state index is -3.62. The van der Waals surface area contributed by atoms with E-state index in [1.807, 2.05) is 0 Å². The lowest BCUT2D eigenvalue weighted by Gasteiger charge is -2.17. The summed E-state index contributed by atoms with van der Waals surface area (Å²) in [5.41, 5.74) is 0.972. The van der Waals surface area contributed by atoms with Gasteiger partial charge in [0.25, 0.3) is 0 Å². The predicted molar refractivity (Wildman–Crippen MR) is 83.3 cm³/mol. The number of nitrogens with one attached hydrogen (secondary N) is 1. The first kappa shape index (κ1) is 16.7. The van der Waals surface area contributed by atoms with Crippen molar-refractivity contribution in [3.8, 4) is 0 Å². The zero-order chi connectivity index (χ0) is 16.5. The van der Waals surface area contributed by atoms with E-state index < -0.39 is 20.0 Å². The molecule has 10 heteroatoms. The van der Waals surface area contributed by atoms with Crippen molar-refractivity contribution in [2.24, 2.45) is 11.1 Å². The zero-order valence-electron chi connectivity index (χ0n) is 11.9. The zero-order valence-corrected chi connectivity index (χ0v) is 13.5. The van der Waals surface area contributed by atoms with Gasteiger partial charge in [0.05, 0.1) is 12.0 Å². The minimum absolute atomic E-state index is 0.125. The van der Waals surface area contributed by atoms with E-state index >= 15 is 0 Å². The molecule has 0 saturated carbocycles. The molecule has 1 unspecified atom stereocenters. The standard InChI is InChI=1S/C12H17N3O5S2/c1-21(17,18)14-10-2-4-11(5-3-10)15-7-9(6-12(15)16)8-22(13,19)20/h2-5,9,14H,6-8H2,1H3,(H2,13,19,20). The lowest BCUT2D eigenvalue weighted by atomic mass is 10.1. The second kappa shape index (κ2) is 5.86. The third kappa shape index (κ3) is 4.68. The average Bonchev–Trinajstić information content (AvgIpc) is 2.66. The Morgan fingerprint density at radius 2 is 1.82 bits per heavy atom. The summed E-state index contributed by atoms with van der Waals surface area (Å²) in [6, 6.07) is 6.28. The number of hydrogen-bond acceptors (Lipinski definition) is 5. The highest BCUT2D eigenvalue weighted by atomic mass is 32.2. The third-order valence-electron chi connectivity index (χ3n) is 3.16. The van der Waals surface area contributed by atoms with E-state index in [0.29, 0.717) is 11.4 Å². The van der Waals surface area contributed by atoms with Gasteiger partial charge in [0.1, 0.15) is 0 Å². The molecule has 1 aliphatic heterocycles. The number of amides is 1. The van der Waals surface area contributed by atoms with E-state index in [9.17, 15) is 21.6 Å². The van der Waals surface area contributed by atoms with E-state index in [4.69, 9.17) is 5.14 Å². The molecule has 0 aliphatic carbocycles. The van der Waals surface area contributed by atoms with Crippen LogP contribution >= 0.6 is 0 Å². The SMILES string of the molecule is CS(=O)(=O)Nc1ccc(N2CC(CS(N)(=O)=O)CC2=O)cc1. The van der Waals surface area contributed by atoms with E-state index in [0.717, 1.165) is 6.26 Å². The Labute approximate surface area is 129 Å². The molecular formula is C12H17N3O5S2. The van der Waals surface area contributed by atoms with Crippen molar-refractivity contribution < 1.29 is 21.6 Å². The number of benzene rings is 1. The number of sulfonamides is 2. The molecule has 0 bridgehead atoms. The van der Waals surface area contributed by atoms with Gasteiger partial charge >= 0.3 is 0 Å². The number of rotatable bonds is 5. The number of anilines is 2. The van der Waals surface area contributed by atoms with Crippen molar-refractivity contribution in [2.75, 3.05) is 28.2 Å². The van der Waals surface area contributed by atoms with Gasteiger partial charge in [-0.05, 0) is 24.3 Å². The van der Waals surface area contributed by atoms with Gasteiger partial charge in [0.15, 0.2) is 0 Å². The van der Waals surface area contributed by atoms with E-state index in [1.54, 1.807) is 12.1 Å². The fraction of sp³-hybridized carbons (Fsp3) is 0.417. The third-order valence-corrected chi connectivity index (χ3v) is 4.70. The minimum Gasteiger partial charge on any atom is -0.312 e. The Morgan fingerprint density at radius 1 is 1.23 bits per heavy atom. The topological polar surface area (TPSA) is 127 Å². The summed E-state index contributed by atoms with van der Waals surface area (Å²) in [4.78, 5) is 13.4. The molecule has 1 aromatic rings. The van der Waals surface area contributed by atoms with Crippen LogP contribution in [-0.4, -0.2) is 41.3 Å². The molecule has 2 rings (SSSR count). The van der Waals surface area contributed by atoms with Gasteiger partial charge in [-0.25, -0.2) is 22.0 Å². The Kier molecular flexibility index (Phi) is 4.45. The second-order valence-corrected chi connectivity index (χ2v) is 8.73. The van der Waals surface area contributed by atoms with Crippen molar-refractivity contribution >= 4 is 37.3 Å². The first-order chi connectivity index (χ1) is 10.0. The first-order valence-corrected chi connectivity index (χ1v) is 10.0. The van der Waals surface area contributed by atoms with Crippen LogP contribution in [0.3, 0.4) is 0 Å². The molecule has 22 heavy (non-hydrogen) atoms. The number of hydrogen-bond donors (Lipinski definition) is 2. The molecule has 3 N–H and O–H groups in total. The van der Waals surface area contributed by atoms with Gasteiger partial charge in [-0.15, -0.1) is 0 Å². The predicted octanol–water partition coefficient (Wildman–Crippen LogP) is -0.300. The van der Waals surface area contributed by atoms with Gasteiger partial charge in [-0.2, -0.15) is 0 Å². The van der Waals surface area contributed by atoms with Crippen molar-refractivity contribution in [1.29, 1.82) is 0 Å². The van der Waals surface area contributed by atoms with Crippen LogP contribution in [0.4, 0.5) is 11.4 Å². The van der Waals surface area contributed by atoms with Crippen LogP contribution in [0.5, 0.6) is 0 Å². The molecule has 1 aliphatic rings. The van der Waals surface area contributed by atoms with Gasteiger partial charge < -0.3 is 4.90 Å². The van der Waals surface area contributed by atoms with Crippen LogP contribution in [0, 0.1) is 5.92 Å². The fourth-order valence-electron chi connectivity index (χ4n) is 2.39. The number of carbonyl (C=O) groups is 1. The molecule has 8 nitrogen and oxygen atoms in total. The summed E-state index contributed by atoms with van der Waals surface area (Å²) >= 11 is 0. The van der Waals surface area contributed by atoms with Crippen LogP contribution in [-0.2, 0) is 24.8 Å². The highest BCUT2D eigenvalue weighted by Gasteiger charge is 2.32. The quantitative estimate of drug-likeness (QED) is 0.756. The smallest absolute Gasteiger partial charge is 0.229 e. The van der Waals surface area contributed by atoms with E-state index in [2.05, 4.69) is 4.72 Å². The number of carbonyl (C=O) groups excluding carboxylic acids is 1. The van der Waals surface area contributed by atoms with Crippen LogP contribution < -0.4 is 14.8 Å². The molecule has 0 spiro atoms. The van der Waals surface area contributed by atoms with Gasteiger partial charge in [-0.3, -0.25) is 9.52 Å². The summed E-state index contributed by atoms with van der Waals surface area (Å²) < 4.78 is 46.8. The summed E-state index contributed by atoms with van der Waals surface area (Å²) in [6.07, 6.45) is 1.17. The summed E-state index contributed by atoms with van der Waals surface area (Å²) in [6.45, 7) is 0.272. The Balaban J connectivity index is 2.10. The Hall–Kier alpha value is -1.65. The highest BCUT2D eigenvalue weighted by molar-refractivity contribution is 7.92.